The molecule has 0 aliphatic heterocycles. The van der Waals surface area contributed by atoms with Crippen molar-refractivity contribution in [2.24, 2.45) is 0 Å². The van der Waals surface area contributed by atoms with E-state index >= 15 is 0 Å². The Balaban J connectivity index is 1.16. The zero-order chi connectivity index (χ0) is 30.6. The van der Waals surface area contributed by atoms with Crippen LogP contribution in [-0.4, -0.2) is 19.5 Å². The van der Waals surface area contributed by atoms with Crippen molar-refractivity contribution in [1.82, 2.24) is 19.5 Å². The second kappa shape index (κ2) is 10.5. The lowest BCUT2D eigenvalue weighted by Gasteiger charge is -2.12. The molecule has 0 radical (unpaired) electrons. The van der Waals surface area contributed by atoms with Crippen molar-refractivity contribution in [1.29, 1.82) is 0 Å². The molecule has 0 spiro atoms. The number of hydrogen-bond donors (Lipinski definition) is 0. The maximum absolute atomic E-state index is 6.26. The van der Waals surface area contributed by atoms with Crippen LogP contribution in [0.15, 0.2) is 144 Å². The summed E-state index contributed by atoms with van der Waals surface area (Å²) in [4.78, 5) is 15.1. The van der Waals surface area contributed by atoms with Crippen molar-refractivity contribution in [3.8, 4) is 39.5 Å². The maximum atomic E-state index is 6.26. The second-order valence-corrected chi connectivity index (χ2v) is 11.5. The lowest BCUT2D eigenvalue weighted by Crippen LogP contribution is -2.00. The van der Waals surface area contributed by atoms with Gasteiger partial charge in [-0.2, -0.15) is 0 Å². The van der Waals surface area contributed by atoms with Gasteiger partial charge in [0.15, 0.2) is 5.58 Å². The molecular formula is C41H28N4O. The number of benzene rings is 6. The molecule has 0 saturated carbocycles. The fourth-order valence-electron chi connectivity index (χ4n) is 6.60. The van der Waals surface area contributed by atoms with E-state index in [9.17, 15) is 0 Å². The minimum atomic E-state index is 0.617. The number of aromatic nitrogens is 4. The number of nitrogens with zero attached hydrogens (tertiary/aromatic N) is 4. The van der Waals surface area contributed by atoms with Crippen molar-refractivity contribution < 1.29 is 4.42 Å². The highest BCUT2D eigenvalue weighted by Crippen LogP contribution is 2.38. The molecule has 218 valence electrons. The van der Waals surface area contributed by atoms with Crippen molar-refractivity contribution in [2.75, 3.05) is 0 Å². The molecule has 3 heterocycles. The molecule has 9 rings (SSSR count). The van der Waals surface area contributed by atoms with Gasteiger partial charge in [0.25, 0.3) is 0 Å². The van der Waals surface area contributed by atoms with Gasteiger partial charge in [0.05, 0.1) is 22.2 Å². The summed E-state index contributed by atoms with van der Waals surface area (Å²) >= 11 is 0. The molecule has 0 aliphatic carbocycles. The summed E-state index contributed by atoms with van der Waals surface area (Å²) < 4.78 is 8.53. The third-order valence-corrected chi connectivity index (χ3v) is 8.78. The molecule has 5 nitrogen and oxygen atoms in total. The zero-order valence-corrected chi connectivity index (χ0v) is 25.2. The first-order valence-corrected chi connectivity index (χ1v) is 15.6. The van der Waals surface area contributed by atoms with Gasteiger partial charge in [-0.15, -0.1) is 0 Å². The molecule has 0 amide bonds. The lowest BCUT2D eigenvalue weighted by atomic mass is 9.97. The molecule has 0 atom stereocenters. The predicted octanol–water partition coefficient (Wildman–Crippen LogP) is 10.4. The van der Waals surface area contributed by atoms with Gasteiger partial charge in [0.2, 0.25) is 5.89 Å². The van der Waals surface area contributed by atoms with Crippen LogP contribution in [-0.2, 0) is 6.42 Å². The largest absolute Gasteiger partial charge is 0.436 e. The molecule has 0 unspecified atom stereocenters. The molecule has 5 heteroatoms. The van der Waals surface area contributed by atoms with Gasteiger partial charge in [0, 0.05) is 39.4 Å². The van der Waals surface area contributed by atoms with Gasteiger partial charge in [-0.1, -0.05) is 91.9 Å². The number of oxazole rings is 1. The van der Waals surface area contributed by atoms with E-state index in [0.29, 0.717) is 5.89 Å². The SMILES string of the molecule is CCc1nc2ccccc2n1-c1cccc(-c2ccc(-c3nc4ccccc4c4c3ccc3oc(-c5ccccc5)nc34)cc2)c1. The first-order valence-electron chi connectivity index (χ1n) is 15.6. The number of para-hydroxylation sites is 3. The van der Waals surface area contributed by atoms with Crippen LogP contribution in [0.4, 0.5) is 0 Å². The molecule has 9 aromatic rings. The van der Waals surface area contributed by atoms with Crippen molar-refractivity contribution in [3.05, 3.63) is 145 Å². The first kappa shape index (κ1) is 26.3. The van der Waals surface area contributed by atoms with E-state index in [4.69, 9.17) is 19.4 Å². The third kappa shape index (κ3) is 4.20. The number of pyridine rings is 1. The summed E-state index contributed by atoms with van der Waals surface area (Å²) in [5.74, 6) is 1.67. The molecule has 0 bridgehead atoms. The van der Waals surface area contributed by atoms with Gasteiger partial charge in [0.1, 0.15) is 11.3 Å². The summed E-state index contributed by atoms with van der Waals surface area (Å²) in [5.41, 5.74) is 11.0. The number of aryl methyl sites for hydroxylation is 1. The van der Waals surface area contributed by atoms with Gasteiger partial charge >= 0.3 is 0 Å². The number of imidazole rings is 1. The molecule has 6 aromatic carbocycles. The van der Waals surface area contributed by atoms with E-state index in [-0.39, 0.29) is 0 Å². The Morgan fingerprint density at radius 2 is 1.30 bits per heavy atom. The molecule has 0 fully saturated rings. The van der Waals surface area contributed by atoms with Crippen LogP contribution in [0.2, 0.25) is 0 Å². The Hall–Kier alpha value is -6.07. The van der Waals surface area contributed by atoms with E-state index in [2.05, 4.69) is 102 Å². The van der Waals surface area contributed by atoms with E-state index < -0.39 is 0 Å². The molecule has 0 saturated heterocycles. The summed E-state index contributed by atoms with van der Waals surface area (Å²) in [5, 5.41) is 3.17. The standard InChI is InChI=1S/C41H28N4O/c1-2-37-42-34-17-8-9-18-35(34)45(37)30-14-10-13-29(25-30)26-19-21-27(22-20-26)39-32-23-24-36-40(38(32)31-15-6-7-16-33(31)43-39)44-41(46-36)28-11-4-3-5-12-28/h3-25H,2H2,1H3. The summed E-state index contributed by atoms with van der Waals surface area (Å²) in [6.45, 7) is 2.15. The van der Waals surface area contributed by atoms with Gasteiger partial charge < -0.3 is 4.42 Å². The Morgan fingerprint density at radius 3 is 2.15 bits per heavy atom. The van der Waals surface area contributed by atoms with Gasteiger partial charge in [-0.3, -0.25) is 4.57 Å². The topological polar surface area (TPSA) is 56.7 Å². The molecule has 46 heavy (non-hydrogen) atoms. The summed E-state index contributed by atoms with van der Waals surface area (Å²) in [6.07, 6.45) is 0.856. The van der Waals surface area contributed by atoms with E-state index in [1.165, 1.54) is 0 Å². The quantitative estimate of drug-likeness (QED) is 0.187. The van der Waals surface area contributed by atoms with Crippen LogP contribution >= 0.6 is 0 Å². The van der Waals surface area contributed by atoms with Gasteiger partial charge in [-0.05, 0) is 65.7 Å². The Morgan fingerprint density at radius 1 is 0.565 bits per heavy atom. The monoisotopic (exact) mass is 592 g/mol. The Bertz CT molecular complexity index is 2560. The predicted molar refractivity (Wildman–Crippen MR) is 187 cm³/mol. The zero-order valence-electron chi connectivity index (χ0n) is 25.2. The van der Waals surface area contributed by atoms with Crippen molar-refractivity contribution in [2.45, 2.75) is 13.3 Å². The molecule has 3 aromatic heterocycles. The Kier molecular flexibility index (Phi) is 6.03. The average molecular weight is 593 g/mol. The number of hydrogen-bond acceptors (Lipinski definition) is 4. The lowest BCUT2D eigenvalue weighted by molar-refractivity contribution is 0.620. The van der Waals surface area contributed by atoms with E-state index in [0.717, 1.165) is 89.7 Å². The fraction of sp³-hybridized carbons (Fsp3) is 0.0488. The maximum Gasteiger partial charge on any atom is 0.227 e. The first-order chi connectivity index (χ1) is 22.7. The van der Waals surface area contributed by atoms with Crippen molar-refractivity contribution >= 4 is 43.8 Å². The third-order valence-electron chi connectivity index (χ3n) is 8.78. The van der Waals surface area contributed by atoms with Crippen LogP contribution < -0.4 is 0 Å². The highest BCUT2D eigenvalue weighted by Gasteiger charge is 2.18. The number of fused-ring (bicyclic) bond motifs is 6. The van der Waals surface area contributed by atoms with Crippen molar-refractivity contribution in [3.63, 3.8) is 0 Å². The van der Waals surface area contributed by atoms with E-state index in [1.54, 1.807) is 0 Å². The fourth-order valence-corrected chi connectivity index (χ4v) is 6.60. The highest BCUT2D eigenvalue weighted by molar-refractivity contribution is 6.20. The van der Waals surface area contributed by atoms with Crippen LogP contribution in [0.5, 0.6) is 0 Å². The molecule has 0 N–H and O–H groups in total. The Labute approximate surface area is 265 Å². The summed E-state index contributed by atoms with van der Waals surface area (Å²) in [7, 11) is 0. The average Bonchev–Trinajstić information content (AvgIpc) is 3.74. The molecule has 0 aliphatic rings. The summed E-state index contributed by atoms with van der Waals surface area (Å²) in [6, 6.07) is 48.2. The molecular weight excluding hydrogens is 564 g/mol. The highest BCUT2D eigenvalue weighted by atomic mass is 16.3. The van der Waals surface area contributed by atoms with Gasteiger partial charge in [-0.25, -0.2) is 15.0 Å². The minimum absolute atomic E-state index is 0.617. The van der Waals surface area contributed by atoms with Crippen LogP contribution in [0.25, 0.3) is 83.3 Å². The second-order valence-electron chi connectivity index (χ2n) is 11.5. The van der Waals surface area contributed by atoms with E-state index in [1.807, 2.05) is 48.5 Å². The van der Waals surface area contributed by atoms with Crippen LogP contribution in [0.1, 0.15) is 12.7 Å². The van der Waals surface area contributed by atoms with Crippen LogP contribution in [0, 0.1) is 0 Å². The normalized spacial score (nSPS) is 11.7. The number of rotatable bonds is 5. The smallest absolute Gasteiger partial charge is 0.227 e. The van der Waals surface area contributed by atoms with Crippen LogP contribution in [0.3, 0.4) is 0 Å². The minimum Gasteiger partial charge on any atom is -0.436 e.